The predicted octanol–water partition coefficient (Wildman–Crippen LogP) is 1.08. The fourth-order valence-electron chi connectivity index (χ4n) is 3.06. The van der Waals surface area contributed by atoms with E-state index in [0.717, 1.165) is 37.1 Å². The predicted molar refractivity (Wildman–Crippen MR) is 73.7 cm³/mol. The van der Waals surface area contributed by atoms with E-state index in [9.17, 15) is 4.21 Å². The molecular weight excluding hydrogens is 232 g/mol. The van der Waals surface area contributed by atoms with E-state index >= 15 is 0 Å². The maximum absolute atomic E-state index is 11.4. The summed E-state index contributed by atoms with van der Waals surface area (Å²) in [7, 11) is -0.548. The molecule has 0 bridgehead atoms. The maximum atomic E-state index is 11.4. The van der Waals surface area contributed by atoms with Gasteiger partial charge in [-0.15, -0.1) is 0 Å². The van der Waals surface area contributed by atoms with Gasteiger partial charge in [0.05, 0.1) is 0 Å². The molecule has 1 atom stereocenters. The first-order chi connectivity index (χ1) is 8.08. The van der Waals surface area contributed by atoms with Gasteiger partial charge in [0.1, 0.15) is 0 Å². The Labute approximate surface area is 108 Å². The minimum Gasteiger partial charge on any atom is -0.316 e. The number of hydrogen-bond donors (Lipinski definition) is 1. The fraction of sp³-hybridized carbons (Fsp3) is 1.00. The summed E-state index contributed by atoms with van der Waals surface area (Å²) in [6, 6.07) is 0. The van der Waals surface area contributed by atoms with Crippen LogP contribution in [0.4, 0.5) is 0 Å². The molecule has 0 saturated carbocycles. The Balaban J connectivity index is 1.85. The normalized spacial score (nSPS) is 29.4. The number of rotatable bonds is 3. The van der Waals surface area contributed by atoms with Crippen molar-refractivity contribution >= 4 is 10.8 Å². The monoisotopic (exact) mass is 258 g/mol. The van der Waals surface area contributed by atoms with Crippen LogP contribution in [0, 0.1) is 11.3 Å². The van der Waals surface area contributed by atoms with Crippen molar-refractivity contribution in [1.82, 2.24) is 10.2 Å². The molecule has 4 heteroatoms. The third-order valence-corrected chi connectivity index (χ3v) is 5.58. The van der Waals surface area contributed by atoms with Crippen LogP contribution in [0.3, 0.4) is 0 Å². The van der Waals surface area contributed by atoms with E-state index in [-0.39, 0.29) is 0 Å². The van der Waals surface area contributed by atoms with Crippen LogP contribution < -0.4 is 5.32 Å². The van der Waals surface area contributed by atoms with Gasteiger partial charge in [0, 0.05) is 41.9 Å². The zero-order valence-corrected chi connectivity index (χ0v) is 12.0. The third kappa shape index (κ3) is 3.76. The largest absolute Gasteiger partial charge is 0.316 e. The fourth-order valence-corrected chi connectivity index (χ4v) is 4.19. The van der Waals surface area contributed by atoms with Gasteiger partial charge in [-0.3, -0.25) is 4.21 Å². The topological polar surface area (TPSA) is 32.3 Å². The quantitative estimate of drug-likeness (QED) is 0.822. The molecule has 2 aliphatic heterocycles. The highest BCUT2D eigenvalue weighted by molar-refractivity contribution is 7.85. The Bertz CT molecular complexity index is 265. The average molecular weight is 258 g/mol. The molecule has 100 valence electrons. The Morgan fingerprint density at radius 1 is 1.35 bits per heavy atom. The summed E-state index contributed by atoms with van der Waals surface area (Å²) >= 11 is 0. The van der Waals surface area contributed by atoms with Gasteiger partial charge in [-0.1, -0.05) is 13.8 Å². The average Bonchev–Trinajstić information content (AvgIpc) is 2.33. The maximum Gasteiger partial charge on any atom is 0.0363 e. The Kier molecular flexibility index (Phi) is 4.61. The number of nitrogens with one attached hydrogen (secondary N) is 1. The van der Waals surface area contributed by atoms with Crippen molar-refractivity contribution < 1.29 is 4.21 Å². The molecule has 2 aliphatic rings. The smallest absolute Gasteiger partial charge is 0.0363 e. The van der Waals surface area contributed by atoms with Crippen LogP contribution in [0.2, 0.25) is 0 Å². The van der Waals surface area contributed by atoms with E-state index in [1.807, 2.05) is 0 Å². The van der Waals surface area contributed by atoms with Gasteiger partial charge < -0.3 is 10.2 Å². The summed E-state index contributed by atoms with van der Waals surface area (Å²) < 4.78 is 11.4. The first-order valence-electron chi connectivity index (χ1n) is 6.86. The van der Waals surface area contributed by atoms with Gasteiger partial charge in [0.2, 0.25) is 0 Å². The number of nitrogens with zero attached hydrogens (tertiary/aromatic N) is 1. The van der Waals surface area contributed by atoms with Crippen LogP contribution in [0.1, 0.15) is 26.7 Å². The van der Waals surface area contributed by atoms with Crippen LogP contribution >= 0.6 is 0 Å². The number of hydrogen-bond acceptors (Lipinski definition) is 3. The summed E-state index contributed by atoms with van der Waals surface area (Å²) in [6.07, 6.45) is 2.68. The molecule has 0 amide bonds. The molecule has 1 N–H and O–H groups in total. The molecule has 0 aromatic carbocycles. The third-order valence-electron chi connectivity index (χ3n) is 4.30. The minimum absolute atomic E-state index is 0.381. The molecule has 0 aliphatic carbocycles. The van der Waals surface area contributed by atoms with E-state index in [4.69, 9.17) is 0 Å². The molecule has 0 aromatic rings. The summed E-state index contributed by atoms with van der Waals surface area (Å²) in [5.41, 5.74) is 0.381. The molecule has 2 fully saturated rings. The van der Waals surface area contributed by atoms with Crippen LogP contribution in [-0.2, 0) is 10.8 Å². The molecule has 0 spiro atoms. The van der Waals surface area contributed by atoms with E-state index in [1.165, 1.54) is 25.9 Å². The highest BCUT2D eigenvalue weighted by Crippen LogP contribution is 2.32. The number of piperidine rings is 1. The molecule has 17 heavy (non-hydrogen) atoms. The highest BCUT2D eigenvalue weighted by Gasteiger charge is 2.32. The van der Waals surface area contributed by atoms with Crippen molar-refractivity contribution in [3.63, 3.8) is 0 Å². The van der Waals surface area contributed by atoms with Gasteiger partial charge in [-0.05, 0) is 37.3 Å². The van der Waals surface area contributed by atoms with E-state index in [1.54, 1.807) is 0 Å². The standard InChI is InChI=1S/C13H26N2OS/c1-13(2,12-4-3-5-14-10-12)11-15-6-8-17(16)9-7-15/h12,14H,3-11H2,1-2H3. The Morgan fingerprint density at radius 3 is 2.65 bits per heavy atom. The van der Waals surface area contributed by atoms with Gasteiger partial charge in [-0.25, -0.2) is 0 Å². The Morgan fingerprint density at radius 2 is 2.06 bits per heavy atom. The summed E-state index contributed by atoms with van der Waals surface area (Å²) in [6.45, 7) is 10.4. The van der Waals surface area contributed by atoms with Crippen LogP contribution in [0.25, 0.3) is 0 Å². The molecule has 2 saturated heterocycles. The highest BCUT2D eigenvalue weighted by atomic mass is 32.2. The minimum atomic E-state index is -0.548. The zero-order valence-electron chi connectivity index (χ0n) is 11.2. The molecular formula is C13H26N2OS. The van der Waals surface area contributed by atoms with Crippen molar-refractivity contribution in [2.45, 2.75) is 26.7 Å². The first kappa shape index (κ1) is 13.5. The van der Waals surface area contributed by atoms with Crippen molar-refractivity contribution in [1.29, 1.82) is 0 Å². The van der Waals surface area contributed by atoms with E-state index in [0.29, 0.717) is 5.41 Å². The SMILES string of the molecule is CC(C)(CN1CCS(=O)CC1)C1CCCNC1. The lowest BCUT2D eigenvalue weighted by atomic mass is 9.74. The molecule has 1 unspecified atom stereocenters. The second-order valence-electron chi connectivity index (χ2n) is 6.16. The van der Waals surface area contributed by atoms with E-state index in [2.05, 4.69) is 24.1 Å². The van der Waals surface area contributed by atoms with Gasteiger partial charge in [0.25, 0.3) is 0 Å². The van der Waals surface area contributed by atoms with Crippen molar-refractivity contribution in [3.05, 3.63) is 0 Å². The lowest BCUT2D eigenvalue weighted by molar-refractivity contribution is 0.106. The lowest BCUT2D eigenvalue weighted by Crippen LogP contribution is -2.48. The summed E-state index contributed by atoms with van der Waals surface area (Å²) in [4.78, 5) is 2.51. The Hall–Kier alpha value is 0.0700. The van der Waals surface area contributed by atoms with Crippen molar-refractivity contribution in [2.24, 2.45) is 11.3 Å². The van der Waals surface area contributed by atoms with Gasteiger partial charge in [-0.2, -0.15) is 0 Å². The molecule has 2 heterocycles. The summed E-state index contributed by atoms with van der Waals surface area (Å²) in [5.74, 6) is 2.54. The first-order valence-corrected chi connectivity index (χ1v) is 8.35. The molecule has 3 nitrogen and oxygen atoms in total. The van der Waals surface area contributed by atoms with Gasteiger partial charge >= 0.3 is 0 Å². The van der Waals surface area contributed by atoms with Crippen LogP contribution in [-0.4, -0.2) is 53.3 Å². The van der Waals surface area contributed by atoms with Crippen LogP contribution in [0.5, 0.6) is 0 Å². The molecule has 2 rings (SSSR count). The zero-order chi connectivity index (χ0) is 12.3. The van der Waals surface area contributed by atoms with Gasteiger partial charge in [0.15, 0.2) is 0 Å². The lowest BCUT2D eigenvalue weighted by Gasteiger charge is -2.41. The summed E-state index contributed by atoms with van der Waals surface area (Å²) in [5, 5.41) is 3.52. The second kappa shape index (κ2) is 5.81. The second-order valence-corrected chi connectivity index (χ2v) is 7.85. The van der Waals surface area contributed by atoms with E-state index < -0.39 is 10.8 Å². The van der Waals surface area contributed by atoms with Crippen molar-refractivity contribution in [2.75, 3.05) is 44.2 Å². The van der Waals surface area contributed by atoms with Crippen molar-refractivity contribution in [3.8, 4) is 0 Å². The van der Waals surface area contributed by atoms with Crippen LogP contribution in [0.15, 0.2) is 0 Å². The molecule has 0 radical (unpaired) electrons. The molecule has 0 aromatic heterocycles.